The van der Waals surface area contributed by atoms with Crippen LogP contribution < -0.4 is 0 Å². The summed E-state index contributed by atoms with van der Waals surface area (Å²) in [6, 6.07) is 1.83. The molecule has 2 fully saturated rings. The number of aromatic nitrogens is 2. The summed E-state index contributed by atoms with van der Waals surface area (Å²) >= 11 is 0. The third-order valence-electron chi connectivity index (χ3n) is 3.62. The Kier molecular flexibility index (Phi) is 3.32. The fourth-order valence-corrected chi connectivity index (χ4v) is 2.28. The average Bonchev–Trinajstić information content (AvgIpc) is 2.88. The van der Waals surface area contributed by atoms with E-state index in [1.807, 2.05) is 17.2 Å². The number of carbonyl (C=O) groups is 1. The molecule has 98 valence electrons. The van der Waals surface area contributed by atoms with Crippen LogP contribution in [0.2, 0.25) is 0 Å². The molecule has 1 aliphatic carbocycles. The molecule has 1 unspecified atom stereocenters. The van der Waals surface area contributed by atoms with Gasteiger partial charge >= 0.3 is 0 Å². The fourth-order valence-electron chi connectivity index (χ4n) is 2.28. The number of nitrogens with zero attached hydrogens (tertiary/aromatic N) is 3. The topological polar surface area (TPSA) is 47.4 Å². The molecule has 5 nitrogen and oxygen atoms in total. The van der Waals surface area contributed by atoms with Gasteiger partial charge < -0.3 is 9.64 Å². The van der Waals surface area contributed by atoms with E-state index >= 15 is 0 Å². The van der Waals surface area contributed by atoms with Crippen molar-refractivity contribution < 1.29 is 9.53 Å². The Morgan fingerprint density at radius 1 is 1.39 bits per heavy atom. The van der Waals surface area contributed by atoms with Gasteiger partial charge in [0.1, 0.15) is 6.54 Å². The zero-order valence-electron chi connectivity index (χ0n) is 10.5. The summed E-state index contributed by atoms with van der Waals surface area (Å²) < 4.78 is 7.49. The molecule has 1 aromatic heterocycles. The molecule has 1 saturated heterocycles. The van der Waals surface area contributed by atoms with Crippen LogP contribution in [0.5, 0.6) is 0 Å². The van der Waals surface area contributed by atoms with E-state index in [-0.39, 0.29) is 12.0 Å². The summed E-state index contributed by atoms with van der Waals surface area (Å²) in [5.74, 6) is 0.926. The first-order valence-corrected chi connectivity index (χ1v) is 6.68. The molecule has 0 spiro atoms. The second-order valence-electron chi connectivity index (χ2n) is 5.23. The fraction of sp³-hybridized carbons (Fsp3) is 0.692. The minimum Gasteiger partial charge on any atom is -0.376 e. The normalized spacial score (nSPS) is 23.6. The van der Waals surface area contributed by atoms with Gasteiger partial charge in [0, 0.05) is 32.1 Å². The van der Waals surface area contributed by atoms with Crippen LogP contribution in [-0.4, -0.2) is 46.4 Å². The SMILES string of the molecule is O=C(Cn1cccn1)N1CCC(OCC2CC2)C1. The van der Waals surface area contributed by atoms with Crippen molar-refractivity contribution in [3.8, 4) is 0 Å². The maximum absolute atomic E-state index is 12.0. The second kappa shape index (κ2) is 5.10. The second-order valence-corrected chi connectivity index (χ2v) is 5.23. The summed E-state index contributed by atoms with van der Waals surface area (Å²) in [6.07, 6.45) is 7.35. The Labute approximate surface area is 107 Å². The first-order chi connectivity index (χ1) is 8.81. The smallest absolute Gasteiger partial charge is 0.244 e. The zero-order chi connectivity index (χ0) is 12.4. The molecule has 5 heteroatoms. The molecular formula is C13H19N3O2. The van der Waals surface area contributed by atoms with Crippen LogP contribution in [0.25, 0.3) is 0 Å². The van der Waals surface area contributed by atoms with E-state index in [1.54, 1.807) is 10.9 Å². The van der Waals surface area contributed by atoms with Crippen molar-refractivity contribution >= 4 is 5.91 Å². The summed E-state index contributed by atoms with van der Waals surface area (Å²) in [5.41, 5.74) is 0. The molecule has 0 bridgehead atoms. The highest BCUT2D eigenvalue weighted by molar-refractivity contribution is 5.76. The van der Waals surface area contributed by atoms with Gasteiger partial charge in [0.2, 0.25) is 5.91 Å². The lowest BCUT2D eigenvalue weighted by molar-refractivity contribution is -0.131. The van der Waals surface area contributed by atoms with Crippen molar-refractivity contribution in [2.45, 2.75) is 31.9 Å². The van der Waals surface area contributed by atoms with Crippen LogP contribution in [0.4, 0.5) is 0 Å². The third kappa shape index (κ3) is 2.90. The Hall–Kier alpha value is -1.36. The average molecular weight is 249 g/mol. The quantitative estimate of drug-likeness (QED) is 0.779. The van der Waals surface area contributed by atoms with Crippen LogP contribution in [0.15, 0.2) is 18.5 Å². The van der Waals surface area contributed by atoms with Crippen LogP contribution in [0.1, 0.15) is 19.3 Å². The van der Waals surface area contributed by atoms with Gasteiger partial charge in [0.25, 0.3) is 0 Å². The Morgan fingerprint density at radius 3 is 3.00 bits per heavy atom. The largest absolute Gasteiger partial charge is 0.376 e. The molecule has 2 aliphatic rings. The molecule has 2 heterocycles. The van der Waals surface area contributed by atoms with Gasteiger partial charge in [-0.2, -0.15) is 5.10 Å². The summed E-state index contributed by atoms with van der Waals surface area (Å²) in [5, 5.41) is 4.05. The van der Waals surface area contributed by atoms with Crippen LogP contribution in [-0.2, 0) is 16.1 Å². The van der Waals surface area contributed by atoms with Gasteiger partial charge in [0.05, 0.1) is 6.10 Å². The number of hydrogen-bond donors (Lipinski definition) is 0. The van der Waals surface area contributed by atoms with Crippen molar-refractivity contribution in [3.63, 3.8) is 0 Å². The maximum Gasteiger partial charge on any atom is 0.244 e. The van der Waals surface area contributed by atoms with Crippen molar-refractivity contribution in [3.05, 3.63) is 18.5 Å². The Balaban J connectivity index is 1.44. The van der Waals surface area contributed by atoms with Crippen LogP contribution in [0, 0.1) is 5.92 Å². The number of likely N-dealkylation sites (tertiary alicyclic amines) is 1. The van der Waals surface area contributed by atoms with Gasteiger partial charge in [-0.25, -0.2) is 0 Å². The number of hydrogen-bond acceptors (Lipinski definition) is 3. The number of rotatable bonds is 5. The molecule has 18 heavy (non-hydrogen) atoms. The molecule has 1 aromatic rings. The van der Waals surface area contributed by atoms with E-state index in [9.17, 15) is 4.79 Å². The van der Waals surface area contributed by atoms with E-state index in [1.165, 1.54) is 12.8 Å². The monoisotopic (exact) mass is 249 g/mol. The van der Waals surface area contributed by atoms with Crippen molar-refractivity contribution in [1.82, 2.24) is 14.7 Å². The third-order valence-corrected chi connectivity index (χ3v) is 3.62. The van der Waals surface area contributed by atoms with E-state index in [0.29, 0.717) is 6.54 Å². The lowest BCUT2D eigenvalue weighted by atomic mass is 10.3. The van der Waals surface area contributed by atoms with Crippen LogP contribution in [0.3, 0.4) is 0 Å². The molecule has 1 saturated carbocycles. The lowest BCUT2D eigenvalue weighted by Crippen LogP contribution is -2.33. The van der Waals surface area contributed by atoms with Crippen molar-refractivity contribution in [2.24, 2.45) is 5.92 Å². The Morgan fingerprint density at radius 2 is 2.28 bits per heavy atom. The van der Waals surface area contributed by atoms with E-state index in [0.717, 1.165) is 32.0 Å². The summed E-state index contributed by atoms with van der Waals surface area (Å²) in [4.78, 5) is 13.9. The lowest BCUT2D eigenvalue weighted by Gasteiger charge is -2.16. The maximum atomic E-state index is 12.0. The van der Waals surface area contributed by atoms with E-state index < -0.39 is 0 Å². The van der Waals surface area contributed by atoms with E-state index in [2.05, 4.69) is 5.10 Å². The van der Waals surface area contributed by atoms with E-state index in [4.69, 9.17) is 4.74 Å². The molecule has 0 aromatic carbocycles. The predicted molar refractivity (Wildman–Crippen MR) is 65.9 cm³/mol. The standard InChI is InChI=1S/C13H19N3O2/c17-13(9-16-6-1-5-14-16)15-7-4-12(8-15)18-10-11-2-3-11/h1,5-6,11-12H,2-4,7-10H2. The van der Waals surface area contributed by atoms with Gasteiger partial charge in [-0.05, 0) is 31.2 Å². The first kappa shape index (κ1) is 11.7. The van der Waals surface area contributed by atoms with Crippen molar-refractivity contribution in [1.29, 1.82) is 0 Å². The Bertz CT molecular complexity index is 400. The molecule has 0 radical (unpaired) electrons. The molecule has 1 atom stereocenters. The molecule has 0 N–H and O–H groups in total. The number of amides is 1. The summed E-state index contributed by atoms with van der Waals surface area (Å²) in [7, 11) is 0. The number of carbonyl (C=O) groups excluding carboxylic acids is 1. The summed E-state index contributed by atoms with van der Waals surface area (Å²) in [6.45, 7) is 2.77. The van der Waals surface area contributed by atoms with Gasteiger partial charge in [-0.15, -0.1) is 0 Å². The highest BCUT2D eigenvalue weighted by atomic mass is 16.5. The van der Waals surface area contributed by atoms with Crippen molar-refractivity contribution in [2.75, 3.05) is 19.7 Å². The molecule has 3 rings (SSSR count). The van der Waals surface area contributed by atoms with Crippen LogP contribution >= 0.6 is 0 Å². The number of ether oxygens (including phenoxy) is 1. The zero-order valence-corrected chi connectivity index (χ0v) is 10.5. The van der Waals surface area contributed by atoms with Gasteiger partial charge in [-0.3, -0.25) is 9.48 Å². The molecular weight excluding hydrogens is 230 g/mol. The predicted octanol–water partition coefficient (Wildman–Crippen LogP) is 0.911. The van der Waals surface area contributed by atoms with Gasteiger partial charge in [0.15, 0.2) is 0 Å². The molecule has 1 aliphatic heterocycles. The highest BCUT2D eigenvalue weighted by Gasteiger charge is 2.29. The van der Waals surface area contributed by atoms with Gasteiger partial charge in [-0.1, -0.05) is 0 Å². The molecule has 1 amide bonds. The minimum absolute atomic E-state index is 0.135. The highest BCUT2D eigenvalue weighted by Crippen LogP contribution is 2.30. The first-order valence-electron chi connectivity index (χ1n) is 6.68. The minimum atomic E-state index is 0.135.